The number of hydrogen-bond acceptors (Lipinski definition) is 2. The Balaban J connectivity index is 2.25. The van der Waals surface area contributed by atoms with E-state index < -0.39 is 0 Å². The number of carbonyl (C=O) groups is 1. The van der Waals surface area contributed by atoms with Crippen LogP contribution in [0.4, 0.5) is 0 Å². The molecule has 0 unspecified atom stereocenters. The molecule has 130 valence electrons. The van der Waals surface area contributed by atoms with Gasteiger partial charge in [0.05, 0.1) is 12.5 Å². The van der Waals surface area contributed by atoms with Crippen LogP contribution >= 0.6 is 0 Å². The van der Waals surface area contributed by atoms with E-state index in [4.69, 9.17) is 4.74 Å². The van der Waals surface area contributed by atoms with Gasteiger partial charge in [-0.2, -0.15) is 0 Å². The lowest BCUT2D eigenvalue weighted by molar-refractivity contribution is -0.145. The molecule has 2 fully saturated rings. The highest BCUT2D eigenvalue weighted by Gasteiger charge is 2.52. The van der Waals surface area contributed by atoms with Crippen molar-refractivity contribution in [3.63, 3.8) is 0 Å². The van der Waals surface area contributed by atoms with Gasteiger partial charge in [-0.3, -0.25) is 4.79 Å². The molecule has 2 rings (SSSR count). The zero-order chi connectivity index (χ0) is 17.3. The predicted octanol–water partition coefficient (Wildman–Crippen LogP) is 5.54. The molecular formula is C21H34O2. The summed E-state index contributed by atoms with van der Waals surface area (Å²) < 4.78 is 5.14. The summed E-state index contributed by atoms with van der Waals surface area (Å²) in [6.45, 7) is 15.8. The van der Waals surface area contributed by atoms with Gasteiger partial charge in [-0.15, -0.1) is 0 Å². The molecule has 0 saturated heterocycles. The zero-order valence-corrected chi connectivity index (χ0v) is 15.7. The standard InChI is InChI=1S/C21H34O2/c1-7-23-19(22)15(2)11-13-20(5)17(4)12-14-21(6)16(3)9-8-10-18(20)21/h11,13,15,17-18H,3,7-10,12,14H2,1-2,4-6H3/b13-11+/t15-,17+,18+,20-,21+/m1/s1. The molecule has 0 aromatic heterocycles. The van der Waals surface area contributed by atoms with Crippen LogP contribution in [-0.2, 0) is 9.53 Å². The summed E-state index contributed by atoms with van der Waals surface area (Å²) in [5.41, 5.74) is 1.84. The van der Waals surface area contributed by atoms with Crippen molar-refractivity contribution in [3.8, 4) is 0 Å². The van der Waals surface area contributed by atoms with E-state index in [0.717, 1.165) is 0 Å². The molecule has 0 bridgehead atoms. The highest BCUT2D eigenvalue weighted by molar-refractivity contribution is 5.73. The molecule has 0 amide bonds. The minimum Gasteiger partial charge on any atom is -0.466 e. The van der Waals surface area contributed by atoms with Crippen molar-refractivity contribution in [2.45, 2.75) is 66.7 Å². The number of fused-ring (bicyclic) bond motifs is 1. The summed E-state index contributed by atoms with van der Waals surface area (Å²) in [7, 11) is 0. The molecule has 2 aliphatic rings. The molecule has 5 atom stereocenters. The van der Waals surface area contributed by atoms with Crippen LogP contribution in [0.15, 0.2) is 24.3 Å². The van der Waals surface area contributed by atoms with Gasteiger partial charge in [0.1, 0.15) is 0 Å². The number of esters is 1. The van der Waals surface area contributed by atoms with Crippen molar-refractivity contribution in [3.05, 3.63) is 24.3 Å². The Hall–Kier alpha value is -1.05. The Labute approximate surface area is 142 Å². The Morgan fingerprint density at radius 1 is 1.43 bits per heavy atom. The van der Waals surface area contributed by atoms with Crippen LogP contribution in [0.2, 0.25) is 0 Å². The summed E-state index contributed by atoms with van der Waals surface area (Å²) in [4.78, 5) is 11.9. The second kappa shape index (κ2) is 6.83. The number of rotatable bonds is 4. The van der Waals surface area contributed by atoms with Gasteiger partial charge in [-0.1, -0.05) is 45.1 Å². The molecule has 0 N–H and O–H groups in total. The quantitative estimate of drug-likeness (QED) is 0.502. The third-order valence-corrected chi connectivity index (χ3v) is 6.86. The van der Waals surface area contributed by atoms with E-state index in [-0.39, 0.29) is 22.7 Å². The van der Waals surface area contributed by atoms with Gasteiger partial charge < -0.3 is 4.74 Å². The maximum atomic E-state index is 11.9. The SMILES string of the molecule is C=C1CCC[C@H]2[C@](C)(/C=C/[C@@H](C)C(=O)OCC)[C@@H](C)CC[C@@]12C. The van der Waals surface area contributed by atoms with Crippen LogP contribution < -0.4 is 0 Å². The third-order valence-electron chi connectivity index (χ3n) is 6.86. The molecular weight excluding hydrogens is 284 g/mol. The second-order valence-electron chi connectivity index (χ2n) is 8.17. The average Bonchev–Trinajstić information content (AvgIpc) is 2.51. The Morgan fingerprint density at radius 3 is 2.78 bits per heavy atom. The lowest BCUT2D eigenvalue weighted by Gasteiger charge is -2.57. The van der Waals surface area contributed by atoms with E-state index >= 15 is 0 Å². The number of carbonyl (C=O) groups excluding carboxylic acids is 1. The van der Waals surface area contributed by atoms with E-state index in [2.05, 4.69) is 39.5 Å². The molecule has 2 heteroatoms. The van der Waals surface area contributed by atoms with Gasteiger partial charge in [0, 0.05) is 0 Å². The highest BCUT2D eigenvalue weighted by atomic mass is 16.5. The molecule has 2 nitrogen and oxygen atoms in total. The van der Waals surface area contributed by atoms with Crippen LogP contribution in [0.5, 0.6) is 0 Å². The third kappa shape index (κ3) is 3.27. The minimum absolute atomic E-state index is 0.119. The van der Waals surface area contributed by atoms with E-state index in [1.165, 1.54) is 37.7 Å². The fourth-order valence-electron chi connectivity index (χ4n) is 4.87. The molecule has 2 saturated carbocycles. The van der Waals surface area contributed by atoms with E-state index in [9.17, 15) is 4.79 Å². The largest absolute Gasteiger partial charge is 0.466 e. The fourth-order valence-corrected chi connectivity index (χ4v) is 4.87. The Morgan fingerprint density at radius 2 is 2.13 bits per heavy atom. The van der Waals surface area contributed by atoms with Crippen LogP contribution in [0.25, 0.3) is 0 Å². The van der Waals surface area contributed by atoms with E-state index in [1.54, 1.807) is 0 Å². The smallest absolute Gasteiger partial charge is 0.312 e. The van der Waals surface area contributed by atoms with Gasteiger partial charge >= 0.3 is 5.97 Å². The van der Waals surface area contributed by atoms with Crippen LogP contribution in [0.1, 0.15) is 66.7 Å². The average molecular weight is 319 g/mol. The molecule has 0 aliphatic heterocycles. The van der Waals surface area contributed by atoms with Crippen LogP contribution in [0, 0.1) is 28.6 Å². The lowest BCUT2D eigenvalue weighted by Crippen LogP contribution is -2.49. The first-order valence-corrected chi connectivity index (χ1v) is 9.30. The van der Waals surface area contributed by atoms with Gasteiger partial charge in [0.25, 0.3) is 0 Å². The van der Waals surface area contributed by atoms with Gasteiger partial charge in [-0.25, -0.2) is 0 Å². The molecule has 0 heterocycles. The second-order valence-corrected chi connectivity index (χ2v) is 8.17. The topological polar surface area (TPSA) is 26.3 Å². The minimum atomic E-state index is -0.168. The van der Waals surface area contributed by atoms with Crippen LogP contribution in [0.3, 0.4) is 0 Å². The van der Waals surface area contributed by atoms with Crippen molar-refractivity contribution >= 4 is 5.97 Å². The molecule has 0 aromatic carbocycles. The summed E-state index contributed by atoms with van der Waals surface area (Å²) in [5, 5.41) is 0. The van der Waals surface area contributed by atoms with Crippen molar-refractivity contribution < 1.29 is 9.53 Å². The van der Waals surface area contributed by atoms with Gasteiger partial charge in [-0.05, 0) is 68.6 Å². The maximum Gasteiger partial charge on any atom is 0.312 e. The van der Waals surface area contributed by atoms with Crippen molar-refractivity contribution in [2.75, 3.05) is 6.61 Å². The van der Waals surface area contributed by atoms with E-state index in [0.29, 0.717) is 18.4 Å². The maximum absolute atomic E-state index is 11.9. The molecule has 0 spiro atoms. The molecule has 0 aromatic rings. The monoisotopic (exact) mass is 318 g/mol. The Bertz CT molecular complexity index is 492. The number of ether oxygens (including phenoxy) is 1. The van der Waals surface area contributed by atoms with Gasteiger partial charge in [0.2, 0.25) is 0 Å². The first-order valence-electron chi connectivity index (χ1n) is 9.30. The van der Waals surface area contributed by atoms with Gasteiger partial charge in [0.15, 0.2) is 0 Å². The summed E-state index contributed by atoms with van der Waals surface area (Å²) >= 11 is 0. The highest BCUT2D eigenvalue weighted by Crippen LogP contribution is 2.61. The van der Waals surface area contributed by atoms with Crippen LogP contribution in [-0.4, -0.2) is 12.6 Å². The summed E-state index contributed by atoms with van der Waals surface area (Å²) in [5.74, 6) is 0.980. The number of hydrogen-bond donors (Lipinski definition) is 0. The summed E-state index contributed by atoms with van der Waals surface area (Å²) in [6, 6.07) is 0. The predicted molar refractivity (Wildman–Crippen MR) is 96.0 cm³/mol. The number of allylic oxidation sites excluding steroid dienone is 2. The zero-order valence-electron chi connectivity index (χ0n) is 15.7. The van der Waals surface area contributed by atoms with Crippen molar-refractivity contribution in [2.24, 2.45) is 28.6 Å². The normalized spacial score (nSPS) is 39.1. The fraction of sp³-hybridized carbons (Fsp3) is 0.762. The van der Waals surface area contributed by atoms with E-state index in [1.807, 2.05) is 13.8 Å². The lowest BCUT2D eigenvalue weighted by atomic mass is 9.47. The first kappa shape index (κ1) is 18.3. The molecule has 23 heavy (non-hydrogen) atoms. The molecule has 2 aliphatic carbocycles. The first-order chi connectivity index (χ1) is 10.8. The molecule has 0 radical (unpaired) electrons. The Kier molecular flexibility index (Phi) is 5.43. The van der Waals surface area contributed by atoms with Crippen molar-refractivity contribution in [1.82, 2.24) is 0 Å². The summed E-state index contributed by atoms with van der Waals surface area (Å²) in [6.07, 6.45) is 10.6. The van der Waals surface area contributed by atoms with Crippen molar-refractivity contribution in [1.29, 1.82) is 0 Å².